The van der Waals surface area contributed by atoms with Gasteiger partial charge in [-0.05, 0) is 60.7 Å². The molecule has 0 radical (unpaired) electrons. The Balaban J connectivity index is 1.43. The van der Waals surface area contributed by atoms with Crippen molar-refractivity contribution in [2.45, 2.75) is 25.3 Å². The number of benzene rings is 3. The minimum Gasteiger partial charge on any atom is -0.342 e. The lowest BCUT2D eigenvalue weighted by atomic mass is 9.88. The van der Waals surface area contributed by atoms with Gasteiger partial charge in [0.05, 0.1) is 6.42 Å². The number of halogens is 1. The Morgan fingerprint density at radius 3 is 2.09 bits per heavy atom. The molecule has 0 aliphatic carbocycles. The molecule has 3 aromatic carbocycles. The van der Waals surface area contributed by atoms with Gasteiger partial charge in [-0.15, -0.1) is 0 Å². The van der Waals surface area contributed by atoms with Gasteiger partial charge in [0.1, 0.15) is 11.9 Å². The van der Waals surface area contributed by atoms with Crippen LogP contribution in [0.2, 0.25) is 0 Å². The van der Waals surface area contributed by atoms with Gasteiger partial charge in [0.15, 0.2) is 0 Å². The van der Waals surface area contributed by atoms with E-state index in [0.29, 0.717) is 38.0 Å². The first-order valence-electron chi connectivity index (χ1n) is 11.7. The molecule has 1 atom stereocenters. The van der Waals surface area contributed by atoms with Gasteiger partial charge in [-0.3, -0.25) is 14.4 Å². The van der Waals surface area contributed by atoms with Crippen LogP contribution in [0.25, 0.3) is 0 Å². The van der Waals surface area contributed by atoms with E-state index in [-0.39, 0.29) is 23.3 Å². The van der Waals surface area contributed by atoms with Crippen molar-refractivity contribution in [3.05, 3.63) is 102 Å². The number of anilines is 1. The Hall–Kier alpha value is -4.00. The number of piperidine rings is 1. The highest BCUT2D eigenvalue weighted by molar-refractivity contribution is 6.01. The summed E-state index contributed by atoms with van der Waals surface area (Å²) in [6.45, 7) is 1.02. The maximum Gasteiger partial charge on any atom is 0.251 e. The molecule has 0 saturated carbocycles. The van der Waals surface area contributed by atoms with Crippen molar-refractivity contribution in [2.75, 3.05) is 18.4 Å². The quantitative estimate of drug-likeness (QED) is 0.544. The Kier molecular flexibility index (Phi) is 7.88. The summed E-state index contributed by atoms with van der Waals surface area (Å²) in [7, 11) is 0. The van der Waals surface area contributed by atoms with E-state index in [1.54, 1.807) is 12.1 Å². The Bertz CT molecular complexity index is 1150. The zero-order chi connectivity index (χ0) is 24.6. The molecule has 3 amide bonds. The number of likely N-dealkylation sites (tertiary alicyclic amines) is 1. The highest BCUT2D eigenvalue weighted by atomic mass is 19.1. The van der Waals surface area contributed by atoms with Crippen molar-refractivity contribution in [3.63, 3.8) is 0 Å². The summed E-state index contributed by atoms with van der Waals surface area (Å²) in [5, 5.41) is 5.73. The third-order valence-corrected chi connectivity index (χ3v) is 6.28. The van der Waals surface area contributed by atoms with Crippen molar-refractivity contribution < 1.29 is 18.8 Å². The number of nitrogens with zero attached hydrogens (tertiary/aromatic N) is 1. The van der Waals surface area contributed by atoms with E-state index in [4.69, 9.17) is 0 Å². The Morgan fingerprint density at radius 1 is 0.857 bits per heavy atom. The van der Waals surface area contributed by atoms with Crippen molar-refractivity contribution in [1.29, 1.82) is 0 Å². The normalized spacial score (nSPS) is 14.7. The van der Waals surface area contributed by atoms with Gasteiger partial charge in [0.2, 0.25) is 11.8 Å². The zero-order valence-electron chi connectivity index (χ0n) is 19.3. The van der Waals surface area contributed by atoms with Gasteiger partial charge < -0.3 is 15.5 Å². The predicted molar refractivity (Wildman–Crippen MR) is 132 cm³/mol. The first-order chi connectivity index (χ1) is 17.0. The molecule has 180 valence electrons. The van der Waals surface area contributed by atoms with E-state index < -0.39 is 17.8 Å². The summed E-state index contributed by atoms with van der Waals surface area (Å²) < 4.78 is 13.3. The smallest absolute Gasteiger partial charge is 0.251 e. The van der Waals surface area contributed by atoms with Gasteiger partial charge in [-0.1, -0.05) is 48.5 Å². The van der Waals surface area contributed by atoms with E-state index in [2.05, 4.69) is 10.6 Å². The molecule has 4 rings (SSSR count). The molecule has 2 N–H and O–H groups in total. The first-order valence-corrected chi connectivity index (χ1v) is 11.7. The number of rotatable bonds is 7. The van der Waals surface area contributed by atoms with Crippen molar-refractivity contribution >= 4 is 23.4 Å². The van der Waals surface area contributed by atoms with Gasteiger partial charge in [-0.25, -0.2) is 4.39 Å². The minimum absolute atomic E-state index is 0.0512. The Morgan fingerprint density at radius 2 is 1.46 bits per heavy atom. The second kappa shape index (κ2) is 11.4. The number of amides is 3. The first kappa shape index (κ1) is 24.1. The number of carbonyl (C=O) groups excluding carboxylic acids is 3. The molecule has 6 nitrogen and oxygen atoms in total. The van der Waals surface area contributed by atoms with Crippen molar-refractivity contribution in [2.24, 2.45) is 5.92 Å². The molecule has 0 aromatic heterocycles. The second-order valence-electron chi connectivity index (χ2n) is 8.69. The molecule has 3 aromatic rings. The molecular weight excluding hydrogens is 445 g/mol. The van der Waals surface area contributed by atoms with Crippen LogP contribution < -0.4 is 10.6 Å². The lowest BCUT2D eigenvalue weighted by Gasteiger charge is -2.36. The van der Waals surface area contributed by atoms with Gasteiger partial charge in [0, 0.05) is 24.3 Å². The molecule has 35 heavy (non-hydrogen) atoms. The average Bonchev–Trinajstić information content (AvgIpc) is 2.89. The van der Waals surface area contributed by atoms with Crippen LogP contribution in [0.15, 0.2) is 84.9 Å². The topological polar surface area (TPSA) is 78.5 Å². The third-order valence-electron chi connectivity index (χ3n) is 6.28. The van der Waals surface area contributed by atoms with Crippen molar-refractivity contribution in [1.82, 2.24) is 10.2 Å². The fraction of sp³-hybridized carbons (Fsp3) is 0.250. The van der Waals surface area contributed by atoms with Gasteiger partial charge >= 0.3 is 0 Å². The maximum atomic E-state index is 13.3. The number of para-hydroxylation sites is 1. The van der Waals surface area contributed by atoms with E-state index in [1.165, 1.54) is 24.3 Å². The molecule has 1 aliphatic heterocycles. The second-order valence-corrected chi connectivity index (χ2v) is 8.69. The lowest BCUT2D eigenvalue weighted by molar-refractivity contribution is -0.132. The van der Waals surface area contributed by atoms with E-state index in [9.17, 15) is 18.8 Å². The number of carbonyl (C=O) groups is 3. The van der Waals surface area contributed by atoms with Crippen LogP contribution in [0.1, 0.15) is 28.8 Å². The van der Waals surface area contributed by atoms with Crippen LogP contribution in [0.5, 0.6) is 0 Å². The van der Waals surface area contributed by atoms with Crippen molar-refractivity contribution in [3.8, 4) is 0 Å². The van der Waals surface area contributed by atoms with Crippen LogP contribution in [-0.2, 0) is 16.0 Å². The molecule has 1 saturated heterocycles. The Labute approximate surface area is 204 Å². The van der Waals surface area contributed by atoms with E-state index >= 15 is 0 Å². The van der Waals surface area contributed by atoms with Crippen LogP contribution in [0.3, 0.4) is 0 Å². The third kappa shape index (κ3) is 6.53. The SMILES string of the molecule is O=C(N[C@@H](C(=O)Nc1ccccc1)C1CCN(C(=O)Cc2ccccc2)CC1)c1ccc(F)cc1. The van der Waals surface area contributed by atoms with Crippen LogP contribution >= 0.6 is 0 Å². The summed E-state index contributed by atoms with van der Waals surface area (Å²) in [5.74, 6) is -1.30. The number of hydrogen-bond donors (Lipinski definition) is 2. The fourth-order valence-corrected chi connectivity index (χ4v) is 4.33. The average molecular weight is 474 g/mol. The molecule has 7 heteroatoms. The summed E-state index contributed by atoms with van der Waals surface area (Å²) in [4.78, 5) is 40.7. The minimum atomic E-state index is -0.792. The fourth-order valence-electron chi connectivity index (χ4n) is 4.33. The molecule has 1 fully saturated rings. The highest BCUT2D eigenvalue weighted by Gasteiger charge is 2.34. The largest absolute Gasteiger partial charge is 0.342 e. The number of hydrogen-bond acceptors (Lipinski definition) is 3. The van der Waals surface area contributed by atoms with E-state index in [0.717, 1.165) is 5.56 Å². The van der Waals surface area contributed by atoms with Crippen LogP contribution in [-0.4, -0.2) is 41.8 Å². The molecule has 1 heterocycles. The monoisotopic (exact) mass is 473 g/mol. The van der Waals surface area contributed by atoms with Gasteiger partial charge in [0.25, 0.3) is 5.91 Å². The van der Waals surface area contributed by atoms with Crippen LogP contribution in [0, 0.1) is 11.7 Å². The highest BCUT2D eigenvalue weighted by Crippen LogP contribution is 2.23. The summed E-state index contributed by atoms with van der Waals surface area (Å²) in [6.07, 6.45) is 1.50. The summed E-state index contributed by atoms with van der Waals surface area (Å²) in [6, 6.07) is 23.1. The van der Waals surface area contributed by atoms with Crippen LogP contribution in [0.4, 0.5) is 10.1 Å². The molecular formula is C28H28FN3O3. The van der Waals surface area contributed by atoms with Gasteiger partial charge in [-0.2, -0.15) is 0 Å². The maximum absolute atomic E-state index is 13.3. The molecule has 0 unspecified atom stereocenters. The summed E-state index contributed by atoms with van der Waals surface area (Å²) >= 11 is 0. The van der Waals surface area contributed by atoms with E-state index in [1.807, 2.05) is 53.4 Å². The molecule has 1 aliphatic rings. The molecule has 0 spiro atoms. The lowest BCUT2D eigenvalue weighted by Crippen LogP contribution is -2.52. The molecule has 0 bridgehead atoms. The summed E-state index contributed by atoms with van der Waals surface area (Å²) in [5.41, 5.74) is 1.87. The standard InChI is InChI=1S/C28H28FN3O3/c29-23-13-11-22(12-14-23)27(34)31-26(28(35)30-24-9-5-2-6-10-24)21-15-17-32(18-16-21)25(33)19-20-7-3-1-4-8-20/h1-14,21,26H,15-19H2,(H,30,35)(H,31,34)/t26-/m1/s1. The number of nitrogens with one attached hydrogen (secondary N) is 2. The predicted octanol–water partition coefficient (Wildman–Crippen LogP) is 4.04. The zero-order valence-corrected chi connectivity index (χ0v) is 19.3.